The van der Waals surface area contributed by atoms with Crippen LogP contribution in [0.4, 0.5) is 11.4 Å². The zero-order valence-corrected chi connectivity index (χ0v) is 14.8. The second-order valence-electron chi connectivity index (χ2n) is 6.09. The SMILES string of the molecule is O=C1CS(=O)(=O)Nc2ccc(-c3ccc4c(c3)C(=O)CS(=O)(=O)N4)cc21. The highest BCUT2D eigenvalue weighted by Gasteiger charge is 2.29. The third-order valence-electron chi connectivity index (χ3n) is 4.15. The number of nitrogens with one attached hydrogen (secondary N) is 2. The predicted molar refractivity (Wildman–Crippen MR) is 95.4 cm³/mol. The molecule has 0 amide bonds. The standard InChI is InChI=1S/C16H12N2O6S2/c19-15-7-25(21,22)17-13-3-1-9(5-11(13)15)10-2-4-14-12(6-10)16(20)8-26(23,24)18-14/h1-6,17-18H,7-8H2. The summed E-state index contributed by atoms with van der Waals surface area (Å²) in [5.74, 6) is -2.26. The summed E-state index contributed by atoms with van der Waals surface area (Å²) < 4.78 is 51.1. The minimum Gasteiger partial charge on any atom is -0.293 e. The Labute approximate surface area is 149 Å². The fourth-order valence-corrected chi connectivity index (χ4v) is 5.17. The second-order valence-corrected chi connectivity index (χ2v) is 9.53. The molecule has 2 N–H and O–H groups in total. The van der Waals surface area contributed by atoms with Crippen molar-refractivity contribution in [3.05, 3.63) is 47.5 Å². The average molecular weight is 392 g/mol. The van der Waals surface area contributed by atoms with Crippen LogP contribution in [0.25, 0.3) is 11.1 Å². The number of hydrogen-bond donors (Lipinski definition) is 2. The zero-order chi connectivity index (χ0) is 18.7. The summed E-state index contributed by atoms with van der Waals surface area (Å²) in [6, 6.07) is 9.34. The van der Waals surface area contributed by atoms with Crippen LogP contribution in [0.15, 0.2) is 36.4 Å². The van der Waals surface area contributed by atoms with Crippen LogP contribution in [-0.4, -0.2) is 39.9 Å². The van der Waals surface area contributed by atoms with Gasteiger partial charge in [0.05, 0.1) is 11.4 Å². The number of hydrogen-bond acceptors (Lipinski definition) is 6. The molecule has 0 saturated carbocycles. The van der Waals surface area contributed by atoms with Gasteiger partial charge in [0.2, 0.25) is 20.0 Å². The first-order valence-electron chi connectivity index (χ1n) is 7.49. The lowest BCUT2D eigenvalue weighted by atomic mass is 9.97. The van der Waals surface area contributed by atoms with Gasteiger partial charge in [0.25, 0.3) is 0 Å². The van der Waals surface area contributed by atoms with E-state index in [0.29, 0.717) is 11.1 Å². The van der Waals surface area contributed by atoms with E-state index in [1.807, 2.05) is 0 Å². The number of Topliss-reactive ketones (excluding diaryl/α,β-unsaturated/α-hetero) is 2. The summed E-state index contributed by atoms with van der Waals surface area (Å²) in [6.07, 6.45) is 0. The third-order valence-corrected chi connectivity index (χ3v) is 6.49. The first-order valence-corrected chi connectivity index (χ1v) is 10.8. The van der Waals surface area contributed by atoms with Gasteiger partial charge in [-0.3, -0.25) is 19.0 Å². The van der Waals surface area contributed by atoms with Gasteiger partial charge >= 0.3 is 0 Å². The van der Waals surface area contributed by atoms with Crippen LogP contribution in [0.2, 0.25) is 0 Å². The van der Waals surface area contributed by atoms with Crippen molar-refractivity contribution in [2.75, 3.05) is 20.9 Å². The summed E-state index contributed by atoms with van der Waals surface area (Å²) in [7, 11) is -7.33. The third kappa shape index (κ3) is 2.86. The van der Waals surface area contributed by atoms with Crippen LogP contribution in [0, 0.1) is 0 Å². The van der Waals surface area contributed by atoms with Crippen LogP contribution in [0.3, 0.4) is 0 Å². The Morgan fingerprint density at radius 1 is 0.654 bits per heavy atom. The molecule has 0 atom stereocenters. The Morgan fingerprint density at radius 2 is 1.04 bits per heavy atom. The van der Waals surface area contributed by atoms with Crippen LogP contribution in [0.5, 0.6) is 0 Å². The number of rotatable bonds is 1. The zero-order valence-electron chi connectivity index (χ0n) is 13.1. The van der Waals surface area contributed by atoms with Crippen LogP contribution >= 0.6 is 0 Å². The van der Waals surface area contributed by atoms with Gasteiger partial charge < -0.3 is 0 Å². The molecule has 134 valence electrons. The highest BCUT2D eigenvalue weighted by Crippen LogP contribution is 2.32. The monoisotopic (exact) mass is 392 g/mol. The molecule has 0 saturated heterocycles. The molecule has 0 radical (unpaired) electrons. The minimum atomic E-state index is -3.66. The Kier molecular flexibility index (Phi) is 3.47. The fourth-order valence-electron chi connectivity index (χ4n) is 2.99. The molecular formula is C16H12N2O6S2. The molecule has 2 aromatic carbocycles. The van der Waals surface area contributed by atoms with Crippen molar-refractivity contribution in [2.24, 2.45) is 0 Å². The summed E-state index contributed by atoms with van der Waals surface area (Å²) >= 11 is 0. The molecule has 2 heterocycles. The molecule has 2 aromatic rings. The number of fused-ring (bicyclic) bond motifs is 2. The molecule has 0 aliphatic carbocycles. The maximum atomic E-state index is 12.1. The van der Waals surface area contributed by atoms with E-state index in [-0.39, 0.29) is 22.5 Å². The van der Waals surface area contributed by atoms with Crippen LogP contribution < -0.4 is 9.44 Å². The van der Waals surface area contributed by atoms with Gasteiger partial charge in [-0.05, 0) is 35.4 Å². The lowest BCUT2D eigenvalue weighted by molar-refractivity contribution is 0.101. The lowest BCUT2D eigenvalue weighted by Crippen LogP contribution is -2.29. The molecule has 2 aliphatic heterocycles. The number of carbonyl (C=O) groups excluding carboxylic acids is 2. The number of ketones is 2. The van der Waals surface area contributed by atoms with Crippen molar-refractivity contribution >= 4 is 43.0 Å². The average Bonchev–Trinajstić information content (AvgIpc) is 2.52. The van der Waals surface area contributed by atoms with Crippen molar-refractivity contribution in [1.82, 2.24) is 0 Å². The van der Waals surface area contributed by atoms with E-state index >= 15 is 0 Å². The van der Waals surface area contributed by atoms with Crippen molar-refractivity contribution in [2.45, 2.75) is 0 Å². The minimum absolute atomic E-state index is 0.215. The topological polar surface area (TPSA) is 126 Å². The first-order chi connectivity index (χ1) is 12.1. The number of benzene rings is 2. The quantitative estimate of drug-likeness (QED) is 0.752. The normalized spacial score (nSPS) is 19.7. The Morgan fingerprint density at radius 3 is 1.42 bits per heavy atom. The maximum Gasteiger partial charge on any atom is 0.240 e. The Bertz CT molecular complexity index is 1100. The molecule has 0 bridgehead atoms. The Hall–Kier alpha value is -2.72. The van der Waals surface area contributed by atoms with E-state index in [1.54, 1.807) is 24.3 Å². The molecule has 8 nitrogen and oxygen atoms in total. The van der Waals surface area contributed by atoms with Gasteiger partial charge in [-0.15, -0.1) is 0 Å². The van der Waals surface area contributed by atoms with E-state index in [1.165, 1.54) is 12.1 Å². The first kappa shape index (κ1) is 16.7. The van der Waals surface area contributed by atoms with Crippen LogP contribution in [0.1, 0.15) is 20.7 Å². The molecule has 0 spiro atoms. The van der Waals surface area contributed by atoms with Crippen molar-refractivity contribution < 1.29 is 26.4 Å². The van der Waals surface area contributed by atoms with Gasteiger partial charge in [-0.1, -0.05) is 12.1 Å². The van der Waals surface area contributed by atoms with Crippen molar-refractivity contribution in [3.63, 3.8) is 0 Å². The molecular weight excluding hydrogens is 380 g/mol. The van der Waals surface area contributed by atoms with E-state index < -0.39 is 43.1 Å². The lowest BCUT2D eigenvalue weighted by Gasteiger charge is -2.20. The number of sulfonamides is 2. The van der Waals surface area contributed by atoms with E-state index in [4.69, 9.17) is 0 Å². The van der Waals surface area contributed by atoms with Crippen molar-refractivity contribution in [1.29, 1.82) is 0 Å². The summed E-state index contributed by atoms with van der Waals surface area (Å²) in [5, 5.41) is 0. The maximum absolute atomic E-state index is 12.1. The van der Waals surface area contributed by atoms with E-state index in [2.05, 4.69) is 9.44 Å². The number of anilines is 2. The molecule has 2 aliphatic rings. The van der Waals surface area contributed by atoms with E-state index in [9.17, 15) is 26.4 Å². The van der Waals surface area contributed by atoms with Gasteiger partial charge in [0, 0.05) is 11.1 Å². The number of carbonyl (C=O) groups is 2. The van der Waals surface area contributed by atoms with Crippen LogP contribution in [-0.2, 0) is 20.0 Å². The highest BCUT2D eigenvalue weighted by molar-refractivity contribution is 7.93. The van der Waals surface area contributed by atoms with Gasteiger partial charge in [-0.25, -0.2) is 16.8 Å². The van der Waals surface area contributed by atoms with E-state index in [0.717, 1.165) is 0 Å². The predicted octanol–water partition coefficient (Wildman–Crippen LogP) is 1.23. The van der Waals surface area contributed by atoms with Gasteiger partial charge in [0.15, 0.2) is 11.6 Å². The fraction of sp³-hybridized carbons (Fsp3) is 0.125. The molecule has 10 heteroatoms. The van der Waals surface area contributed by atoms with Gasteiger partial charge in [0.1, 0.15) is 11.5 Å². The second kappa shape index (κ2) is 5.39. The smallest absolute Gasteiger partial charge is 0.240 e. The molecule has 0 unspecified atom stereocenters. The summed E-state index contributed by atoms with van der Waals surface area (Å²) in [4.78, 5) is 24.2. The van der Waals surface area contributed by atoms with Gasteiger partial charge in [-0.2, -0.15) is 0 Å². The summed E-state index contributed by atoms with van der Waals surface area (Å²) in [5.41, 5.74) is 2.16. The van der Waals surface area contributed by atoms with Crippen molar-refractivity contribution in [3.8, 4) is 11.1 Å². The molecule has 0 aromatic heterocycles. The molecule has 0 fully saturated rings. The summed E-state index contributed by atoms with van der Waals surface area (Å²) in [6.45, 7) is 0. The molecule has 26 heavy (non-hydrogen) atoms. The highest BCUT2D eigenvalue weighted by atomic mass is 32.2. The Balaban J connectivity index is 1.79. The molecule has 4 rings (SSSR count). The largest absolute Gasteiger partial charge is 0.293 e.